The SMILES string of the molecule is NC(=O)c1oc2ccc(Br)cc2c1NC(=O)[C@@H]1CSCN1C(=O)O. The number of nitrogens with zero attached hydrogens (tertiary/aromatic N) is 1. The molecule has 0 radical (unpaired) electrons. The Balaban J connectivity index is 1.98. The minimum Gasteiger partial charge on any atom is -0.465 e. The number of hydrogen-bond donors (Lipinski definition) is 3. The van der Waals surface area contributed by atoms with Crippen LogP contribution in [-0.2, 0) is 4.79 Å². The van der Waals surface area contributed by atoms with E-state index in [4.69, 9.17) is 15.3 Å². The van der Waals surface area contributed by atoms with Gasteiger partial charge in [-0.3, -0.25) is 14.5 Å². The molecule has 1 fully saturated rings. The maximum Gasteiger partial charge on any atom is 0.408 e. The molecule has 1 aromatic carbocycles. The van der Waals surface area contributed by atoms with Crippen LogP contribution in [0.25, 0.3) is 11.0 Å². The van der Waals surface area contributed by atoms with E-state index in [0.29, 0.717) is 16.7 Å². The number of carbonyl (C=O) groups is 3. The summed E-state index contributed by atoms with van der Waals surface area (Å²) >= 11 is 4.65. The molecule has 1 aromatic heterocycles. The van der Waals surface area contributed by atoms with Crippen LogP contribution in [0.1, 0.15) is 10.6 Å². The van der Waals surface area contributed by atoms with Gasteiger partial charge in [0.25, 0.3) is 5.91 Å². The van der Waals surface area contributed by atoms with Gasteiger partial charge in [-0.05, 0) is 18.2 Å². The number of halogens is 1. The van der Waals surface area contributed by atoms with E-state index < -0.39 is 23.9 Å². The molecule has 1 atom stereocenters. The predicted octanol–water partition coefficient (Wildman–Crippen LogP) is 2.29. The monoisotopic (exact) mass is 413 g/mol. The first-order valence-corrected chi connectivity index (χ1v) is 8.73. The molecule has 1 aliphatic rings. The smallest absolute Gasteiger partial charge is 0.408 e. The minimum absolute atomic E-state index is 0.144. The van der Waals surface area contributed by atoms with Gasteiger partial charge in [-0.1, -0.05) is 15.9 Å². The van der Waals surface area contributed by atoms with Crippen molar-refractivity contribution >= 4 is 62.3 Å². The van der Waals surface area contributed by atoms with Gasteiger partial charge in [0.15, 0.2) is 0 Å². The average molecular weight is 414 g/mol. The molecule has 0 saturated carbocycles. The number of benzene rings is 1. The van der Waals surface area contributed by atoms with Crippen molar-refractivity contribution in [2.45, 2.75) is 6.04 Å². The quantitative estimate of drug-likeness (QED) is 0.708. The third kappa shape index (κ3) is 2.94. The van der Waals surface area contributed by atoms with Gasteiger partial charge >= 0.3 is 6.09 Å². The van der Waals surface area contributed by atoms with Crippen LogP contribution in [0.2, 0.25) is 0 Å². The van der Waals surface area contributed by atoms with Gasteiger partial charge in [0, 0.05) is 15.6 Å². The predicted molar refractivity (Wildman–Crippen MR) is 92.0 cm³/mol. The van der Waals surface area contributed by atoms with Gasteiger partial charge in [-0.15, -0.1) is 11.8 Å². The van der Waals surface area contributed by atoms with Crippen molar-refractivity contribution in [2.75, 3.05) is 16.9 Å². The summed E-state index contributed by atoms with van der Waals surface area (Å²) in [4.78, 5) is 36.3. The molecule has 10 heteroatoms. The summed E-state index contributed by atoms with van der Waals surface area (Å²) in [5.74, 6) is -0.984. The van der Waals surface area contributed by atoms with Gasteiger partial charge in [0.05, 0.1) is 5.88 Å². The van der Waals surface area contributed by atoms with Gasteiger partial charge in [0.1, 0.15) is 17.3 Å². The number of carbonyl (C=O) groups excluding carboxylic acids is 2. The fourth-order valence-electron chi connectivity index (χ4n) is 2.42. The first-order valence-electron chi connectivity index (χ1n) is 6.78. The molecule has 2 aromatic rings. The van der Waals surface area contributed by atoms with Crippen molar-refractivity contribution < 1.29 is 23.9 Å². The molecule has 0 aliphatic carbocycles. The maximum absolute atomic E-state index is 12.5. The van der Waals surface area contributed by atoms with Crippen molar-refractivity contribution in [1.82, 2.24) is 4.90 Å². The molecule has 8 nitrogen and oxygen atoms in total. The summed E-state index contributed by atoms with van der Waals surface area (Å²) < 4.78 is 6.14. The summed E-state index contributed by atoms with van der Waals surface area (Å²) in [5, 5.41) is 12.2. The molecule has 2 heterocycles. The summed E-state index contributed by atoms with van der Waals surface area (Å²) in [7, 11) is 0. The lowest BCUT2D eigenvalue weighted by Gasteiger charge is -2.19. The summed E-state index contributed by atoms with van der Waals surface area (Å²) in [6, 6.07) is 4.20. The number of nitrogens with one attached hydrogen (secondary N) is 1. The molecule has 0 spiro atoms. The Morgan fingerprint density at radius 2 is 2.17 bits per heavy atom. The molecule has 0 unspecified atom stereocenters. The molecular weight excluding hydrogens is 402 g/mol. The van der Waals surface area contributed by atoms with Gasteiger partial charge in [0.2, 0.25) is 11.7 Å². The molecular formula is C14H12BrN3O5S. The first kappa shape index (κ1) is 16.7. The summed E-state index contributed by atoms with van der Waals surface area (Å²) in [6.45, 7) is 0. The van der Waals surface area contributed by atoms with Crippen LogP contribution in [0.3, 0.4) is 0 Å². The van der Waals surface area contributed by atoms with Crippen LogP contribution in [0.15, 0.2) is 27.1 Å². The molecule has 3 amide bonds. The standard InChI is InChI=1S/C14H12BrN3O5S/c15-6-1-2-9-7(3-6)10(11(23-9)12(16)19)17-13(20)8-4-24-5-18(8)14(21)22/h1-3,8H,4-5H2,(H2,16,19)(H,17,20)(H,21,22)/t8-/m0/s1. The first-order chi connectivity index (χ1) is 11.4. The number of hydrogen-bond acceptors (Lipinski definition) is 5. The Morgan fingerprint density at radius 1 is 1.42 bits per heavy atom. The van der Waals surface area contributed by atoms with Crippen molar-refractivity contribution in [2.24, 2.45) is 5.73 Å². The molecule has 3 rings (SSSR count). The average Bonchev–Trinajstić information content (AvgIpc) is 3.12. The zero-order chi connectivity index (χ0) is 17.4. The number of furan rings is 1. The second-order valence-corrected chi connectivity index (χ2v) is 6.98. The van der Waals surface area contributed by atoms with Crippen LogP contribution < -0.4 is 11.1 Å². The highest BCUT2D eigenvalue weighted by molar-refractivity contribution is 9.10. The largest absolute Gasteiger partial charge is 0.465 e. The van der Waals surface area contributed by atoms with E-state index in [-0.39, 0.29) is 17.3 Å². The topological polar surface area (TPSA) is 126 Å². The van der Waals surface area contributed by atoms with Gasteiger partial charge < -0.3 is 20.6 Å². The molecule has 126 valence electrons. The molecule has 4 N–H and O–H groups in total. The number of amides is 3. The van der Waals surface area contributed by atoms with Crippen molar-refractivity contribution in [1.29, 1.82) is 0 Å². The van der Waals surface area contributed by atoms with Crippen molar-refractivity contribution in [3.63, 3.8) is 0 Å². The molecule has 1 saturated heterocycles. The lowest BCUT2D eigenvalue weighted by molar-refractivity contribution is -0.119. The van der Waals surface area contributed by atoms with E-state index in [9.17, 15) is 14.4 Å². The van der Waals surface area contributed by atoms with Crippen LogP contribution in [0.5, 0.6) is 0 Å². The third-order valence-electron chi connectivity index (χ3n) is 3.55. The highest BCUT2D eigenvalue weighted by Gasteiger charge is 2.35. The van der Waals surface area contributed by atoms with E-state index in [1.54, 1.807) is 18.2 Å². The van der Waals surface area contributed by atoms with Crippen molar-refractivity contribution in [3.8, 4) is 0 Å². The second kappa shape index (κ2) is 6.36. The fourth-order valence-corrected chi connectivity index (χ4v) is 3.93. The number of primary amides is 1. The van der Waals surface area contributed by atoms with E-state index in [1.165, 1.54) is 11.8 Å². The number of fused-ring (bicyclic) bond motifs is 1. The highest BCUT2D eigenvalue weighted by Crippen LogP contribution is 2.33. The Hall–Kier alpha value is -2.20. The van der Waals surface area contributed by atoms with Gasteiger partial charge in [-0.2, -0.15) is 0 Å². The Bertz CT molecular complexity index is 852. The van der Waals surface area contributed by atoms with Crippen molar-refractivity contribution in [3.05, 3.63) is 28.4 Å². The van der Waals surface area contributed by atoms with E-state index in [2.05, 4.69) is 21.2 Å². The normalized spacial score (nSPS) is 17.2. The number of thioether (sulfide) groups is 1. The van der Waals surface area contributed by atoms with E-state index in [1.807, 2.05) is 0 Å². The number of anilines is 1. The number of nitrogens with two attached hydrogens (primary N) is 1. The Morgan fingerprint density at radius 3 is 2.83 bits per heavy atom. The van der Waals surface area contributed by atoms with Crippen LogP contribution in [0, 0.1) is 0 Å². The zero-order valence-electron chi connectivity index (χ0n) is 12.1. The lowest BCUT2D eigenvalue weighted by atomic mass is 10.2. The minimum atomic E-state index is -1.17. The summed E-state index contributed by atoms with van der Waals surface area (Å²) in [6.07, 6.45) is -1.17. The van der Waals surface area contributed by atoms with E-state index in [0.717, 1.165) is 9.37 Å². The van der Waals surface area contributed by atoms with Crippen LogP contribution in [0.4, 0.5) is 10.5 Å². The van der Waals surface area contributed by atoms with Crippen LogP contribution in [-0.4, -0.2) is 45.6 Å². The maximum atomic E-state index is 12.5. The highest BCUT2D eigenvalue weighted by atomic mass is 79.9. The van der Waals surface area contributed by atoms with E-state index >= 15 is 0 Å². The summed E-state index contributed by atoms with van der Waals surface area (Å²) in [5.41, 5.74) is 5.85. The third-order valence-corrected chi connectivity index (χ3v) is 5.06. The Kier molecular flexibility index (Phi) is 4.41. The molecule has 0 bridgehead atoms. The second-order valence-electron chi connectivity index (χ2n) is 5.07. The lowest BCUT2D eigenvalue weighted by Crippen LogP contribution is -2.44. The number of carboxylic acid groups (broad SMARTS) is 1. The zero-order valence-corrected chi connectivity index (χ0v) is 14.5. The van der Waals surface area contributed by atoms with Crippen LogP contribution >= 0.6 is 27.7 Å². The molecule has 1 aliphatic heterocycles. The number of rotatable bonds is 3. The molecule has 24 heavy (non-hydrogen) atoms. The Labute approximate surface area is 148 Å². The van der Waals surface area contributed by atoms with Gasteiger partial charge in [-0.25, -0.2) is 4.79 Å². The fraction of sp³-hybridized carbons (Fsp3) is 0.214.